The minimum absolute atomic E-state index is 0.576. The average Bonchev–Trinajstić information content (AvgIpc) is 3.25. The van der Waals surface area contributed by atoms with Crippen molar-refractivity contribution in [3.05, 3.63) is 102 Å². The number of rotatable bonds is 5. The molecule has 164 valence electrons. The summed E-state index contributed by atoms with van der Waals surface area (Å²) < 4.78 is 1.76. The Morgan fingerprint density at radius 1 is 0.909 bits per heavy atom. The van der Waals surface area contributed by atoms with E-state index in [4.69, 9.17) is 5.10 Å². The first-order valence-corrected chi connectivity index (χ1v) is 10.4. The van der Waals surface area contributed by atoms with Gasteiger partial charge >= 0.3 is 11.8 Å². The number of aromatic nitrogens is 2. The Hall–Kier alpha value is -4.52. The fourth-order valence-electron chi connectivity index (χ4n) is 3.31. The van der Waals surface area contributed by atoms with Gasteiger partial charge in [0.2, 0.25) is 0 Å². The SMILES string of the molecule is Cc1cccc(-c2nn(-c3ccccc3)cc2/C=N\NC(=O)C(=O)Nc2ccccc2C)c1. The molecule has 7 heteroatoms. The molecule has 0 fully saturated rings. The Morgan fingerprint density at radius 3 is 2.42 bits per heavy atom. The Labute approximate surface area is 191 Å². The van der Waals surface area contributed by atoms with Crippen molar-refractivity contribution in [1.29, 1.82) is 0 Å². The number of nitrogens with one attached hydrogen (secondary N) is 2. The molecule has 0 spiro atoms. The molecule has 2 amide bonds. The van der Waals surface area contributed by atoms with Crippen LogP contribution in [0.2, 0.25) is 0 Å². The summed E-state index contributed by atoms with van der Waals surface area (Å²) in [5.74, 6) is -1.65. The standard InChI is InChI=1S/C26H23N5O2/c1-18-9-8-11-20(15-18)24-21(17-31(30-24)22-12-4-3-5-13-22)16-27-29-26(33)25(32)28-23-14-7-6-10-19(23)2/h3-17H,1-2H3,(H,28,32)(H,29,33)/b27-16-. The Balaban J connectivity index is 1.55. The van der Waals surface area contributed by atoms with Gasteiger partial charge in [-0.1, -0.05) is 60.2 Å². The van der Waals surface area contributed by atoms with Crippen molar-refractivity contribution in [3.63, 3.8) is 0 Å². The maximum Gasteiger partial charge on any atom is 0.329 e. The molecule has 3 aromatic carbocycles. The van der Waals surface area contributed by atoms with E-state index in [-0.39, 0.29) is 0 Å². The van der Waals surface area contributed by atoms with Crippen LogP contribution in [0.15, 0.2) is 90.2 Å². The van der Waals surface area contributed by atoms with E-state index < -0.39 is 11.8 Å². The highest BCUT2D eigenvalue weighted by Gasteiger charge is 2.15. The smallest absolute Gasteiger partial charge is 0.317 e. The van der Waals surface area contributed by atoms with Crippen molar-refractivity contribution in [2.45, 2.75) is 13.8 Å². The molecule has 7 nitrogen and oxygen atoms in total. The summed E-state index contributed by atoms with van der Waals surface area (Å²) in [5, 5.41) is 11.3. The van der Waals surface area contributed by atoms with Crippen LogP contribution >= 0.6 is 0 Å². The monoisotopic (exact) mass is 437 g/mol. The molecule has 0 unspecified atom stereocenters. The van der Waals surface area contributed by atoms with Crippen molar-refractivity contribution < 1.29 is 9.59 Å². The molecule has 0 radical (unpaired) electrons. The summed E-state index contributed by atoms with van der Waals surface area (Å²) in [7, 11) is 0. The van der Waals surface area contributed by atoms with Crippen LogP contribution in [0.1, 0.15) is 16.7 Å². The van der Waals surface area contributed by atoms with E-state index in [2.05, 4.69) is 15.8 Å². The van der Waals surface area contributed by atoms with Gasteiger partial charge in [-0.15, -0.1) is 0 Å². The molecule has 0 saturated heterocycles. The lowest BCUT2D eigenvalue weighted by molar-refractivity contribution is -0.136. The van der Waals surface area contributed by atoms with E-state index >= 15 is 0 Å². The first-order chi connectivity index (χ1) is 16.0. The second-order valence-corrected chi connectivity index (χ2v) is 7.55. The van der Waals surface area contributed by atoms with Crippen LogP contribution in [0.3, 0.4) is 0 Å². The third kappa shape index (κ3) is 5.22. The Kier molecular flexibility index (Phi) is 6.40. The number of aryl methyl sites for hydroxylation is 2. The van der Waals surface area contributed by atoms with Crippen molar-refractivity contribution in [2.24, 2.45) is 5.10 Å². The van der Waals surface area contributed by atoms with Crippen LogP contribution in [0.25, 0.3) is 16.9 Å². The van der Waals surface area contributed by atoms with Crippen LogP contribution in [0, 0.1) is 13.8 Å². The van der Waals surface area contributed by atoms with Crippen molar-refractivity contribution in [1.82, 2.24) is 15.2 Å². The van der Waals surface area contributed by atoms with Gasteiger partial charge in [0.05, 0.1) is 11.9 Å². The van der Waals surface area contributed by atoms with E-state index in [0.29, 0.717) is 16.9 Å². The van der Waals surface area contributed by atoms with Gasteiger partial charge in [0.25, 0.3) is 0 Å². The van der Waals surface area contributed by atoms with Gasteiger partial charge in [0.1, 0.15) is 5.69 Å². The summed E-state index contributed by atoms with van der Waals surface area (Å²) in [6, 6.07) is 24.9. The van der Waals surface area contributed by atoms with E-state index in [9.17, 15) is 9.59 Å². The highest BCUT2D eigenvalue weighted by molar-refractivity contribution is 6.39. The lowest BCUT2D eigenvalue weighted by Crippen LogP contribution is -2.32. The number of anilines is 1. The number of hydrogen-bond donors (Lipinski definition) is 2. The number of carbonyl (C=O) groups excluding carboxylic acids is 2. The summed E-state index contributed by atoms with van der Waals surface area (Å²) >= 11 is 0. The number of hydrogen-bond acceptors (Lipinski definition) is 4. The third-order valence-corrected chi connectivity index (χ3v) is 5.02. The van der Waals surface area contributed by atoms with Gasteiger partial charge < -0.3 is 5.32 Å². The topological polar surface area (TPSA) is 88.4 Å². The Bertz CT molecular complexity index is 1330. The number of benzene rings is 3. The fraction of sp³-hybridized carbons (Fsp3) is 0.0769. The van der Waals surface area contributed by atoms with Crippen molar-refractivity contribution in [2.75, 3.05) is 5.32 Å². The van der Waals surface area contributed by atoms with Gasteiger partial charge in [-0.2, -0.15) is 10.2 Å². The summed E-state index contributed by atoms with van der Waals surface area (Å²) in [4.78, 5) is 24.4. The zero-order chi connectivity index (χ0) is 23.2. The first kappa shape index (κ1) is 21.7. The zero-order valence-corrected chi connectivity index (χ0v) is 18.3. The van der Waals surface area contributed by atoms with E-state index in [1.54, 1.807) is 16.8 Å². The van der Waals surface area contributed by atoms with Gasteiger partial charge in [-0.25, -0.2) is 10.1 Å². The molecule has 0 aliphatic carbocycles. The highest BCUT2D eigenvalue weighted by atomic mass is 16.2. The van der Waals surface area contributed by atoms with Gasteiger partial charge in [0.15, 0.2) is 0 Å². The molecule has 4 aromatic rings. The molecule has 1 aromatic heterocycles. The molecule has 0 aliphatic heterocycles. The molecule has 1 heterocycles. The second kappa shape index (κ2) is 9.74. The highest BCUT2D eigenvalue weighted by Crippen LogP contribution is 2.23. The number of carbonyl (C=O) groups is 2. The van der Waals surface area contributed by atoms with Crippen LogP contribution in [-0.4, -0.2) is 27.8 Å². The van der Waals surface area contributed by atoms with Crippen LogP contribution in [0.5, 0.6) is 0 Å². The lowest BCUT2D eigenvalue weighted by Gasteiger charge is -2.06. The van der Waals surface area contributed by atoms with Crippen LogP contribution < -0.4 is 10.7 Å². The predicted molar refractivity (Wildman–Crippen MR) is 129 cm³/mol. The van der Waals surface area contributed by atoms with Gasteiger partial charge in [0, 0.05) is 23.0 Å². The molecule has 4 rings (SSSR count). The number of amides is 2. The quantitative estimate of drug-likeness (QED) is 0.278. The average molecular weight is 438 g/mol. The largest absolute Gasteiger partial charge is 0.329 e. The van der Waals surface area contributed by atoms with E-state index in [0.717, 1.165) is 22.4 Å². The molecule has 0 saturated carbocycles. The normalized spacial score (nSPS) is 10.8. The third-order valence-electron chi connectivity index (χ3n) is 5.02. The van der Waals surface area contributed by atoms with Gasteiger partial charge in [-0.3, -0.25) is 9.59 Å². The Morgan fingerprint density at radius 2 is 1.67 bits per heavy atom. The first-order valence-electron chi connectivity index (χ1n) is 10.4. The lowest BCUT2D eigenvalue weighted by atomic mass is 10.1. The van der Waals surface area contributed by atoms with E-state index in [1.807, 2.05) is 86.8 Å². The van der Waals surface area contributed by atoms with Crippen molar-refractivity contribution in [3.8, 4) is 16.9 Å². The molecule has 0 bridgehead atoms. The van der Waals surface area contributed by atoms with Crippen LogP contribution in [-0.2, 0) is 9.59 Å². The molecule has 0 atom stereocenters. The van der Waals surface area contributed by atoms with Gasteiger partial charge in [-0.05, 0) is 43.7 Å². The minimum Gasteiger partial charge on any atom is -0.317 e. The number of hydrazone groups is 1. The molecule has 2 N–H and O–H groups in total. The molecular weight excluding hydrogens is 414 g/mol. The summed E-state index contributed by atoms with van der Waals surface area (Å²) in [6.45, 7) is 3.86. The number of para-hydroxylation sites is 2. The maximum absolute atomic E-state index is 12.2. The summed E-state index contributed by atoms with van der Waals surface area (Å²) in [6.07, 6.45) is 3.32. The van der Waals surface area contributed by atoms with Crippen molar-refractivity contribution >= 4 is 23.7 Å². The number of nitrogens with zero attached hydrogens (tertiary/aromatic N) is 3. The zero-order valence-electron chi connectivity index (χ0n) is 18.3. The minimum atomic E-state index is -0.859. The predicted octanol–water partition coefficient (Wildman–Crippen LogP) is 4.24. The van der Waals surface area contributed by atoms with Crippen LogP contribution in [0.4, 0.5) is 5.69 Å². The maximum atomic E-state index is 12.2. The molecule has 0 aliphatic rings. The molecule has 33 heavy (non-hydrogen) atoms. The fourth-order valence-corrected chi connectivity index (χ4v) is 3.31. The van der Waals surface area contributed by atoms with E-state index in [1.165, 1.54) is 6.21 Å². The summed E-state index contributed by atoms with van der Waals surface area (Å²) in [5.41, 5.74) is 8.06. The molecular formula is C26H23N5O2. The second-order valence-electron chi connectivity index (χ2n) is 7.55.